The molecule has 6 fully saturated rings. The Labute approximate surface area is 201 Å². The predicted octanol–water partition coefficient (Wildman–Crippen LogP) is 5.44. The fraction of sp³-hybridized carbons (Fsp3) is 0.966. The Kier molecular flexibility index (Phi) is 5.41. The second-order valence-corrected chi connectivity index (χ2v) is 13.9. The maximum absolute atomic E-state index is 11.6. The standard InChI is InChI=1S/C29H48N2O2/c1-6-30-20-9-11-27(4)19(13-20)7-8-21-22(27)10-12-28(5)23(21)14-24-25(28)18(3)26-29(32,33-24)15-17(2)16-31-26/h6,17-26,31-32H,7-16H2,1-5H3/t17-,18+,19-,20+,21+,22-,23-,24+,25+,26+,27+,28+,29+/m1/s1. The van der Waals surface area contributed by atoms with E-state index in [-0.39, 0.29) is 12.1 Å². The Morgan fingerprint density at radius 2 is 1.79 bits per heavy atom. The minimum absolute atomic E-state index is 0.0888. The fourth-order valence-electron chi connectivity index (χ4n) is 11.0. The molecule has 0 spiro atoms. The van der Waals surface area contributed by atoms with Crippen LogP contribution in [0.5, 0.6) is 0 Å². The first-order valence-corrected chi connectivity index (χ1v) is 14.3. The number of nitrogens with one attached hydrogen (secondary N) is 1. The van der Waals surface area contributed by atoms with Crippen LogP contribution in [0.1, 0.15) is 92.4 Å². The molecule has 6 rings (SSSR count). The zero-order valence-corrected chi connectivity index (χ0v) is 21.7. The molecular formula is C29H48N2O2. The Morgan fingerprint density at radius 3 is 2.58 bits per heavy atom. The maximum atomic E-state index is 11.6. The minimum atomic E-state index is -0.969. The van der Waals surface area contributed by atoms with Crippen molar-refractivity contribution in [2.45, 2.75) is 116 Å². The second kappa shape index (κ2) is 7.77. The number of nitrogens with zero attached hydrogens (tertiary/aromatic N) is 1. The highest BCUT2D eigenvalue weighted by Gasteiger charge is 2.67. The third-order valence-corrected chi connectivity index (χ3v) is 12.3. The molecule has 0 radical (unpaired) electrons. The van der Waals surface area contributed by atoms with Crippen molar-refractivity contribution in [2.75, 3.05) is 6.54 Å². The lowest BCUT2D eigenvalue weighted by Crippen LogP contribution is -2.68. The van der Waals surface area contributed by atoms with Gasteiger partial charge in [0.05, 0.1) is 12.1 Å². The van der Waals surface area contributed by atoms with E-state index in [1.807, 2.05) is 6.21 Å². The van der Waals surface area contributed by atoms with Gasteiger partial charge in [0, 0.05) is 12.5 Å². The van der Waals surface area contributed by atoms with Crippen molar-refractivity contribution in [1.82, 2.24) is 5.32 Å². The van der Waals surface area contributed by atoms with Crippen LogP contribution in [0.4, 0.5) is 0 Å². The third-order valence-electron chi connectivity index (χ3n) is 12.3. The summed E-state index contributed by atoms with van der Waals surface area (Å²) < 4.78 is 6.73. The van der Waals surface area contributed by atoms with E-state index in [9.17, 15) is 5.11 Å². The van der Waals surface area contributed by atoms with E-state index in [2.05, 4.69) is 39.9 Å². The zero-order chi connectivity index (χ0) is 23.2. The van der Waals surface area contributed by atoms with Gasteiger partial charge in [-0.25, -0.2) is 0 Å². The molecule has 4 heteroatoms. The normalized spacial score (nSPS) is 60.4. The first-order chi connectivity index (χ1) is 15.7. The summed E-state index contributed by atoms with van der Waals surface area (Å²) in [7, 11) is 0. The highest BCUT2D eigenvalue weighted by molar-refractivity contribution is 5.53. The smallest absolute Gasteiger partial charge is 0.181 e. The number of piperidine rings is 1. The molecule has 0 amide bonds. The lowest BCUT2D eigenvalue weighted by Gasteiger charge is -2.62. The lowest BCUT2D eigenvalue weighted by atomic mass is 9.44. The molecule has 2 heterocycles. The molecule has 2 N–H and O–H groups in total. The molecule has 4 nitrogen and oxygen atoms in total. The van der Waals surface area contributed by atoms with E-state index in [4.69, 9.17) is 9.73 Å². The summed E-state index contributed by atoms with van der Waals surface area (Å²) >= 11 is 0. The van der Waals surface area contributed by atoms with E-state index in [1.54, 1.807) is 0 Å². The first-order valence-electron chi connectivity index (χ1n) is 14.3. The van der Waals surface area contributed by atoms with Crippen LogP contribution in [-0.4, -0.2) is 41.8 Å². The van der Waals surface area contributed by atoms with Crippen molar-refractivity contribution >= 4 is 6.21 Å². The Morgan fingerprint density at radius 1 is 1.00 bits per heavy atom. The van der Waals surface area contributed by atoms with Crippen molar-refractivity contribution < 1.29 is 9.84 Å². The Balaban J connectivity index is 1.27. The summed E-state index contributed by atoms with van der Waals surface area (Å²) in [5.74, 6) is 3.90. The van der Waals surface area contributed by atoms with Crippen LogP contribution in [0.2, 0.25) is 0 Å². The van der Waals surface area contributed by atoms with E-state index < -0.39 is 5.79 Å². The van der Waals surface area contributed by atoms with Gasteiger partial charge >= 0.3 is 0 Å². The predicted molar refractivity (Wildman–Crippen MR) is 133 cm³/mol. The number of fused-ring (bicyclic) bond motifs is 8. The quantitative estimate of drug-likeness (QED) is 0.517. The molecular weight excluding hydrogens is 408 g/mol. The van der Waals surface area contributed by atoms with Crippen molar-refractivity contribution in [3.63, 3.8) is 0 Å². The van der Waals surface area contributed by atoms with Crippen LogP contribution < -0.4 is 5.32 Å². The summed E-state index contributed by atoms with van der Waals surface area (Å²) in [5, 5.41) is 15.3. The molecule has 6 aliphatic rings. The molecule has 0 aromatic rings. The lowest BCUT2D eigenvalue weighted by molar-refractivity contribution is -0.310. The third kappa shape index (κ3) is 3.22. The molecule has 186 valence electrons. The van der Waals surface area contributed by atoms with E-state index >= 15 is 0 Å². The summed E-state index contributed by atoms with van der Waals surface area (Å²) in [6.45, 7) is 13.0. The summed E-state index contributed by atoms with van der Waals surface area (Å²) in [5.41, 5.74) is 0.873. The first kappa shape index (κ1) is 23.0. The van der Waals surface area contributed by atoms with Crippen molar-refractivity contribution in [3.8, 4) is 0 Å². The average molecular weight is 457 g/mol. The number of hydrogen-bond acceptors (Lipinski definition) is 4. The molecule has 0 unspecified atom stereocenters. The van der Waals surface area contributed by atoms with Gasteiger partial charge in [0.25, 0.3) is 0 Å². The summed E-state index contributed by atoms with van der Waals surface area (Å²) in [6.07, 6.45) is 13.8. The van der Waals surface area contributed by atoms with Gasteiger partial charge < -0.3 is 15.2 Å². The van der Waals surface area contributed by atoms with E-state index in [0.29, 0.717) is 34.6 Å². The van der Waals surface area contributed by atoms with Crippen LogP contribution in [-0.2, 0) is 4.74 Å². The fourth-order valence-corrected chi connectivity index (χ4v) is 11.0. The number of ether oxygens (including phenoxy) is 1. The average Bonchev–Trinajstić information content (AvgIpc) is 3.05. The molecule has 33 heavy (non-hydrogen) atoms. The van der Waals surface area contributed by atoms with E-state index in [1.165, 1.54) is 51.4 Å². The molecule has 0 aromatic heterocycles. The van der Waals surface area contributed by atoms with Gasteiger partial charge in [-0.05, 0) is 123 Å². The molecule has 0 bridgehead atoms. The molecule has 2 saturated heterocycles. The van der Waals surface area contributed by atoms with Gasteiger partial charge in [-0.2, -0.15) is 0 Å². The van der Waals surface area contributed by atoms with Crippen LogP contribution in [0, 0.1) is 52.3 Å². The number of aliphatic imine (C=N–C) groups is 1. The van der Waals surface area contributed by atoms with Gasteiger partial charge in [0.15, 0.2) is 5.79 Å². The van der Waals surface area contributed by atoms with Crippen LogP contribution in [0.15, 0.2) is 4.99 Å². The molecule has 13 atom stereocenters. The second-order valence-electron chi connectivity index (χ2n) is 13.9. The van der Waals surface area contributed by atoms with Crippen LogP contribution in [0.25, 0.3) is 0 Å². The van der Waals surface area contributed by atoms with Crippen LogP contribution >= 0.6 is 0 Å². The highest BCUT2D eigenvalue weighted by atomic mass is 16.6. The van der Waals surface area contributed by atoms with Gasteiger partial charge in [-0.15, -0.1) is 0 Å². The van der Waals surface area contributed by atoms with Gasteiger partial charge in [0.1, 0.15) is 0 Å². The molecule has 4 aliphatic carbocycles. The summed E-state index contributed by atoms with van der Waals surface area (Å²) in [4.78, 5) is 4.81. The SMILES string of the molecule is CC=N[C@H]1CC[C@@]2(C)[C@H](CC[C@H]3[C@H]2CC[C@]2(C)[C@H]4[C@H](C)[C@@H]5NC[C@H](C)C[C@]5(O)O[C@H]4C[C@H]32)C1. The van der Waals surface area contributed by atoms with E-state index in [0.717, 1.165) is 36.6 Å². The Bertz CT molecular complexity index is 800. The van der Waals surface area contributed by atoms with Gasteiger partial charge in [-0.1, -0.05) is 27.7 Å². The van der Waals surface area contributed by atoms with Crippen molar-refractivity contribution in [1.29, 1.82) is 0 Å². The van der Waals surface area contributed by atoms with Crippen molar-refractivity contribution in [2.24, 2.45) is 57.2 Å². The highest BCUT2D eigenvalue weighted by Crippen LogP contribution is 2.70. The zero-order valence-electron chi connectivity index (χ0n) is 21.7. The Hall–Kier alpha value is -0.450. The largest absolute Gasteiger partial charge is 0.364 e. The van der Waals surface area contributed by atoms with Gasteiger partial charge in [0.2, 0.25) is 0 Å². The van der Waals surface area contributed by atoms with Crippen LogP contribution in [0.3, 0.4) is 0 Å². The maximum Gasteiger partial charge on any atom is 0.181 e. The monoisotopic (exact) mass is 456 g/mol. The number of rotatable bonds is 1. The number of aliphatic hydroxyl groups is 1. The molecule has 4 saturated carbocycles. The van der Waals surface area contributed by atoms with Gasteiger partial charge in [-0.3, -0.25) is 4.99 Å². The summed E-state index contributed by atoms with van der Waals surface area (Å²) in [6, 6.07) is 0.659. The minimum Gasteiger partial charge on any atom is -0.364 e. The van der Waals surface area contributed by atoms with Crippen molar-refractivity contribution in [3.05, 3.63) is 0 Å². The molecule has 2 aliphatic heterocycles. The number of hydrogen-bond donors (Lipinski definition) is 2. The molecule has 0 aromatic carbocycles. The topological polar surface area (TPSA) is 53.9 Å².